The Bertz CT molecular complexity index is 1150. The molecule has 8 heteroatoms. The zero-order valence-electron chi connectivity index (χ0n) is 17.7. The Kier molecular flexibility index (Phi) is 6.41. The topological polar surface area (TPSA) is 98.5 Å². The molecule has 32 heavy (non-hydrogen) atoms. The highest BCUT2D eigenvalue weighted by Crippen LogP contribution is 2.25. The number of hydrogen-bond acceptors (Lipinski definition) is 7. The van der Waals surface area contributed by atoms with Crippen molar-refractivity contribution in [1.29, 1.82) is 0 Å². The van der Waals surface area contributed by atoms with Gasteiger partial charge in [-0.1, -0.05) is 36.0 Å². The summed E-state index contributed by atoms with van der Waals surface area (Å²) in [6.45, 7) is 1.84. The van der Waals surface area contributed by atoms with Crippen molar-refractivity contribution in [1.82, 2.24) is 10.3 Å². The van der Waals surface area contributed by atoms with Gasteiger partial charge in [0.05, 0.1) is 18.1 Å². The second kappa shape index (κ2) is 9.40. The van der Waals surface area contributed by atoms with Crippen LogP contribution in [0.5, 0.6) is 5.75 Å². The summed E-state index contributed by atoms with van der Waals surface area (Å²) < 4.78 is 11.0. The van der Waals surface area contributed by atoms with Gasteiger partial charge < -0.3 is 9.15 Å². The predicted molar refractivity (Wildman–Crippen MR) is 121 cm³/mol. The van der Waals surface area contributed by atoms with E-state index in [1.54, 1.807) is 19.2 Å². The van der Waals surface area contributed by atoms with Gasteiger partial charge in [0.15, 0.2) is 5.78 Å². The molecular weight excluding hydrogens is 428 g/mol. The number of thioether (sulfide) groups is 1. The second-order valence-corrected chi connectivity index (χ2v) is 8.63. The first kappa shape index (κ1) is 21.8. The number of oxazole rings is 1. The first-order valence-electron chi connectivity index (χ1n) is 10.2. The van der Waals surface area contributed by atoms with E-state index in [1.807, 2.05) is 43.3 Å². The Morgan fingerprint density at radius 3 is 2.47 bits per heavy atom. The number of amides is 2. The van der Waals surface area contributed by atoms with E-state index in [0.29, 0.717) is 36.5 Å². The van der Waals surface area contributed by atoms with Gasteiger partial charge in [-0.3, -0.25) is 19.7 Å². The number of aromatic nitrogens is 1. The van der Waals surface area contributed by atoms with Crippen molar-refractivity contribution < 1.29 is 23.5 Å². The molecule has 0 aliphatic carbocycles. The van der Waals surface area contributed by atoms with Crippen LogP contribution in [0.2, 0.25) is 0 Å². The summed E-state index contributed by atoms with van der Waals surface area (Å²) in [5.74, 6) is 1.71. The Balaban J connectivity index is 1.35. The Labute approximate surface area is 189 Å². The van der Waals surface area contributed by atoms with E-state index >= 15 is 0 Å². The van der Waals surface area contributed by atoms with Crippen LogP contribution in [0.4, 0.5) is 4.79 Å². The Hall–Kier alpha value is -3.39. The maximum absolute atomic E-state index is 12.6. The van der Waals surface area contributed by atoms with E-state index in [4.69, 9.17) is 9.15 Å². The number of carbonyl (C=O) groups excluding carboxylic acids is 3. The maximum Gasteiger partial charge on any atom is 0.286 e. The highest BCUT2D eigenvalue weighted by molar-refractivity contribution is 8.15. The van der Waals surface area contributed by atoms with Gasteiger partial charge in [-0.15, -0.1) is 0 Å². The Morgan fingerprint density at radius 1 is 1.12 bits per heavy atom. The number of aryl methyl sites for hydroxylation is 2. The number of nitrogens with one attached hydrogen (secondary N) is 1. The molecule has 2 heterocycles. The van der Waals surface area contributed by atoms with Crippen LogP contribution in [0, 0.1) is 6.92 Å². The van der Waals surface area contributed by atoms with E-state index in [-0.39, 0.29) is 16.9 Å². The minimum Gasteiger partial charge on any atom is -0.497 e. The molecule has 7 nitrogen and oxygen atoms in total. The number of ether oxygens (including phenoxy) is 1. The van der Waals surface area contributed by atoms with Crippen LogP contribution in [0.15, 0.2) is 52.9 Å². The van der Waals surface area contributed by atoms with Gasteiger partial charge in [-0.05, 0) is 43.2 Å². The fourth-order valence-corrected chi connectivity index (χ4v) is 4.32. The van der Waals surface area contributed by atoms with Crippen molar-refractivity contribution in [2.45, 2.75) is 31.4 Å². The molecule has 2 amide bonds. The van der Waals surface area contributed by atoms with Crippen LogP contribution < -0.4 is 10.1 Å². The smallest absolute Gasteiger partial charge is 0.286 e. The van der Waals surface area contributed by atoms with Gasteiger partial charge in [0.2, 0.25) is 11.8 Å². The molecule has 164 valence electrons. The molecule has 0 spiro atoms. The summed E-state index contributed by atoms with van der Waals surface area (Å²) in [7, 11) is 1.61. The lowest BCUT2D eigenvalue weighted by atomic mass is 10.0. The summed E-state index contributed by atoms with van der Waals surface area (Å²) in [5, 5.41) is 1.55. The molecule has 1 atom stereocenters. The van der Waals surface area contributed by atoms with Crippen LogP contribution >= 0.6 is 11.8 Å². The van der Waals surface area contributed by atoms with E-state index in [2.05, 4.69) is 10.3 Å². The highest BCUT2D eigenvalue weighted by atomic mass is 32.2. The number of imide groups is 1. The van der Waals surface area contributed by atoms with Crippen LogP contribution in [0.25, 0.3) is 11.5 Å². The van der Waals surface area contributed by atoms with Crippen LogP contribution in [-0.4, -0.2) is 34.3 Å². The summed E-state index contributed by atoms with van der Waals surface area (Å²) in [6.07, 6.45) is 1.24. The normalized spacial score (nSPS) is 15.6. The van der Waals surface area contributed by atoms with Gasteiger partial charge in [0.25, 0.3) is 5.24 Å². The van der Waals surface area contributed by atoms with E-state index in [9.17, 15) is 14.4 Å². The van der Waals surface area contributed by atoms with E-state index in [1.165, 1.54) is 0 Å². The zero-order chi connectivity index (χ0) is 22.7. The molecule has 1 aromatic heterocycles. The molecule has 0 saturated carbocycles. The quantitative estimate of drug-likeness (QED) is 0.509. The minimum atomic E-state index is -0.418. The fourth-order valence-electron chi connectivity index (χ4n) is 3.46. The van der Waals surface area contributed by atoms with E-state index < -0.39 is 5.25 Å². The lowest BCUT2D eigenvalue weighted by Crippen LogP contribution is -2.25. The van der Waals surface area contributed by atoms with Crippen LogP contribution in [-0.2, 0) is 17.6 Å². The zero-order valence-corrected chi connectivity index (χ0v) is 18.5. The summed E-state index contributed by atoms with van der Waals surface area (Å²) in [4.78, 5) is 40.2. The molecule has 1 unspecified atom stereocenters. The largest absolute Gasteiger partial charge is 0.497 e. The lowest BCUT2D eigenvalue weighted by Gasteiger charge is -2.06. The number of carbonyl (C=O) groups is 3. The number of hydrogen-bond donors (Lipinski definition) is 1. The second-order valence-electron chi connectivity index (χ2n) is 7.46. The van der Waals surface area contributed by atoms with Crippen molar-refractivity contribution in [3.05, 3.63) is 71.1 Å². The third-order valence-corrected chi connectivity index (χ3v) is 6.26. The van der Waals surface area contributed by atoms with Gasteiger partial charge in [0.1, 0.15) is 11.5 Å². The minimum absolute atomic E-state index is 0.00751. The van der Waals surface area contributed by atoms with Gasteiger partial charge in [0, 0.05) is 24.0 Å². The number of methoxy groups -OCH3 is 1. The highest BCUT2D eigenvalue weighted by Gasteiger charge is 2.31. The van der Waals surface area contributed by atoms with Gasteiger partial charge in [-0.25, -0.2) is 4.98 Å². The number of benzene rings is 2. The van der Waals surface area contributed by atoms with E-state index in [0.717, 1.165) is 34.3 Å². The molecule has 0 bridgehead atoms. The molecular formula is C24H22N2O5S. The summed E-state index contributed by atoms with van der Waals surface area (Å²) in [5.41, 5.74) is 3.11. The summed E-state index contributed by atoms with van der Waals surface area (Å²) >= 11 is 1.000. The van der Waals surface area contributed by atoms with Crippen molar-refractivity contribution in [3.63, 3.8) is 0 Å². The molecule has 0 radical (unpaired) electrons. The average molecular weight is 451 g/mol. The first-order valence-corrected chi connectivity index (χ1v) is 11.1. The average Bonchev–Trinajstić information content (AvgIpc) is 3.33. The van der Waals surface area contributed by atoms with Gasteiger partial charge in [-0.2, -0.15) is 0 Å². The first-order chi connectivity index (χ1) is 15.4. The maximum atomic E-state index is 12.6. The van der Waals surface area contributed by atoms with Crippen LogP contribution in [0.3, 0.4) is 0 Å². The molecule has 1 aliphatic rings. The number of ketones is 1. The lowest BCUT2D eigenvalue weighted by molar-refractivity contribution is -0.118. The molecule has 1 aliphatic heterocycles. The molecule has 2 aromatic carbocycles. The van der Waals surface area contributed by atoms with Crippen molar-refractivity contribution in [3.8, 4) is 17.2 Å². The van der Waals surface area contributed by atoms with Crippen molar-refractivity contribution in [2.75, 3.05) is 7.11 Å². The third kappa shape index (κ3) is 4.91. The molecule has 1 N–H and O–H groups in total. The predicted octanol–water partition coefficient (Wildman–Crippen LogP) is 4.37. The van der Waals surface area contributed by atoms with Gasteiger partial charge >= 0.3 is 0 Å². The van der Waals surface area contributed by atoms with Crippen molar-refractivity contribution >= 4 is 28.7 Å². The molecule has 4 rings (SSSR count). The number of Topliss-reactive ketones (excluding diaryl/α,β-unsaturated/α-hetero) is 1. The van der Waals surface area contributed by atoms with Crippen LogP contribution in [0.1, 0.15) is 33.8 Å². The monoisotopic (exact) mass is 450 g/mol. The fraction of sp³-hybridized carbons (Fsp3) is 0.250. The number of rotatable bonds is 8. The Morgan fingerprint density at radius 2 is 1.84 bits per heavy atom. The SMILES string of the molecule is COc1ccc(-c2nc(CCC(=O)c3ccc(CC4SC(=O)NC4=O)cc3)c(C)o2)cc1. The molecule has 1 saturated heterocycles. The summed E-state index contributed by atoms with van der Waals surface area (Å²) in [6, 6.07) is 14.6. The number of nitrogens with zero attached hydrogens (tertiary/aromatic N) is 1. The van der Waals surface area contributed by atoms with Crippen molar-refractivity contribution in [2.24, 2.45) is 0 Å². The molecule has 3 aromatic rings. The third-order valence-electron chi connectivity index (χ3n) is 5.28. The molecule has 1 fully saturated rings. The standard InChI is InChI=1S/C24H22N2O5S/c1-14-19(25-23(31-14)17-7-9-18(30-2)10-8-17)11-12-20(27)16-5-3-15(4-6-16)13-21-22(28)26-24(29)32-21/h3-10,21H,11-13H2,1-2H3,(H,26,28,29).